The standard InChI is InChI=1S/C11H13BrN2O4/c12-6-1-2-7(8(13)5-6)10(16)14-4-3-9(15)11(17)18/h1-2,5,9,15H,3-4,13H2,(H,14,16)(H,17,18)/t9-/m0/s1. The van der Waals surface area contributed by atoms with Crippen LogP contribution in [0.25, 0.3) is 0 Å². The number of carbonyl (C=O) groups excluding carboxylic acids is 1. The second-order valence-electron chi connectivity index (χ2n) is 3.63. The van der Waals surface area contributed by atoms with Gasteiger partial charge < -0.3 is 21.3 Å². The Bertz CT molecular complexity index is 464. The van der Waals surface area contributed by atoms with Crippen LogP contribution in [-0.2, 0) is 4.79 Å². The van der Waals surface area contributed by atoms with Crippen LogP contribution in [-0.4, -0.2) is 34.7 Å². The molecule has 1 atom stereocenters. The number of aliphatic hydroxyl groups is 1. The zero-order chi connectivity index (χ0) is 13.7. The minimum atomic E-state index is -1.48. The molecular formula is C11H13BrN2O4. The Hall–Kier alpha value is -1.60. The van der Waals surface area contributed by atoms with Crippen LogP contribution in [0.4, 0.5) is 5.69 Å². The Labute approximate surface area is 112 Å². The third-order valence-corrected chi connectivity index (χ3v) is 2.74. The largest absolute Gasteiger partial charge is 0.479 e. The molecule has 6 nitrogen and oxygen atoms in total. The summed E-state index contributed by atoms with van der Waals surface area (Å²) in [6.45, 7) is 0.0573. The molecule has 0 aromatic heterocycles. The van der Waals surface area contributed by atoms with Gasteiger partial charge in [0.1, 0.15) is 0 Å². The predicted octanol–water partition coefficient (Wildman–Crippen LogP) is 0.597. The van der Waals surface area contributed by atoms with Gasteiger partial charge in [-0.2, -0.15) is 0 Å². The lowest BCUT2D eigenvalue weighted by Gasteiger charge is -2.09. The van der Waals surface area contributed by atoms with Crippen LogP contribution in [0.15, 0.2) is 22.7 Å². The van der Waals surface area contributed by atoms with Crippen molar-refractivity contribution in [3.8, 4) is 0 Å². The van der Waals surface area contributed by atoms with Gasteiger partial charge in [0.25, 0.3) is 5.91 Å². The summed E-state index contributed by atoms with van der Waals surface area (Å²) < 4.78 is 0.762. The van der Waals surface area contributed by atoms with Gasteiger partial charge in [-0.25, -0.2) is 4.79 Å². The molecule has 0 bridgehead atoms. The minimum absolute atomic E-state index is 0.0573. The summed E-state index contributed by atoms with van der Waals surface area (Å²) in [5.41, 5.74) is 6.30. The predicted molar refractivity (Wildman–Crippen MR) is 69.1 cm³/mol. The lowest BCUT2D eigenvalue weighted by molar-refractivity contribution is -0.146. The van der Waals surface area contributed by atoms with Crippen LogP contribution < -0.4 is 11.1 Å². The molecule has 1 aromatic rings. The van der Waals surface area contributed by atoms with E-state index < -0.39 is 18.0 Å². The summed E-state index contributed by atoms with van der Waals surface area (Å²) in [6, 6.07) is 4.83. The van der Waals surface area contributed by atoms with Crippen molar-refractivity contribution in [3.05, 3.63) is 28.2 Å². The van der Waals surface area contributed by atoms with Crippen LogP contribution in [0, 0.1) is 0 Å². The average Bonchev–Trinajstić information content (AvgIpc) is 2.28. The summed E-state index contributed by atoms with van der Waals surface area (Å²) in [4.78, 5) is 22.0. The van der Waals surface area contributed by atoms with E-state index in [0.29, 0.717) is 11.3 Å². The van der Waals surface area contributed by atoms with E-state index in [1.54, 1.807) is 18.2 Å². The summed E-state index contributed by atoms with van der Waals surface area (Å²) in [5.74, 6) is -1.72. The third-order valence-electron chi connectivity index (χ3n) is 2.25. The Kier molecular flexibility index (Phi) is 5.11. The van der Waals surface area contributed by atoms with Gasteiger partial charge in [0.15, 0.2) is 6.10 Å². The molecule has 0 radical (unpaired) electrons. The monoisotopic (exact) mass is 316 g/mol. The van der Waals surface area contributed by atoms with Gasteiger partial charge in [0.05, 0.1) is 5.56 Å². The van der Waals surface area contributed by atoms with Crippen LogP contribution in [0.2, 0.25) is 0 Å². The van der Waals surface area contributed by atoms with Crippen molar-refractivity contribution in [3.63, 3.8) is 0 Å². The second-order valence-corrected chi connectivity index (χ2v) is 4.55. The highest BCUT2D eigenvalue weighted by Gasteiger charge is 2.14. The van der Waals surface area contributed by atoms with E-state index in [0.717, 1.165) is 4.47 Å². The molecule has 0 aliphatic heterocycles. The molecule has 5 N–H and O–H groups in total. The van der Waals surface area contributed by atoms with E-state index in [1.165, 1.54) is 0 Å². The zero-order valence-corrected chi connectivity index (χ0v) is 11.0. The maximum absolute atomic E-state index is 11.7. The molecule has 0 heterocycles. The van der Waals surface area contributed by atoms with Crippen LogP contribution in [0.5, 0.6) is 0 Å². The van der Waals surface area contributed by atoms with Gasteiger partial charge in [-0.1, -0.05) is 15.9 Å². The van der Waals surface area contributed by atoms with Gasteiger partial charge in [-0.3, -0.25) is 4.79 Å². The highest BCUT2D eigenvalue weighted by atomic mass is 79.9. The number of carbonyl (C=O) groups is 2. The molecule has 1 aromatic carbocycles. The number of anilines is 1. The number of rotatable bonds is 5. The molecule has 0 spiro atoms. The van der Waals surface area contributed by atoms with Crippen LogP contribution >= 0.6 is 15.9 Å². The number of aliphatic carboxylic acids is 1. The number of hydrogen-bond acceptors (Lipinski definition) is 4. The van der Waals surface area contributed by atoms with Gasteiger partial charge in [-0.05, 0) is 18.2 Å². The lowest BCUT2D eigenvalue weighted by Crippen LogP contribution is -2.30. The SMILES string of the molecule is Nc1cc(Br)ccc1C(=O)NCC[C@H](O)C(=O)O. The molecule has 7 heteroatoms. The van der Waals surface area contributed by atoms with E-state index in [9.17, 15) is 9.59 Å². The van der Waals surface area contributed by atoms with E-state index in [-0.39, 0.29) is 13.0 Å². The molecule has 98 valence electrons. The maximum atomic E-state index is 11.7. The van der Waals surface area contributed by atoms with E-state index in [4.69, 9.17) is 15.9 Å². The fourth-order valence-corrected chi connectivity index (χ4v) is 1.66. The van der Waals surface area contributed by atoms with Crippen molar-refractivity contribution >= 4 is 33.5 Å². The van der Waals surface area contributed by atoms with Crippen LogP contribution in [0.3, 0.4) is 0 Å². The first-order chi connectivity index (χ1) is 8.41. The van der Waals surface area contributed by atoms with Crippen molar-refractivity contribution < 1.29 is 19.8 Å². The molecule has 0 saturated heterocycles. The highest BCUT2D eigenvalue weighted by Crippen LogP contribution is 2.18. The summed E-state index contributed by atoms with van der Waals surface area (Å²) in [6.07, 6.45) is -1.54. The molecule has 1 rings (SSSR count). The highest BCUT2D eigenvalue weighted by molar-refractivity contribution is 9.10. The number of benzene rings is 1. The van der Waals surface area contributed by atoms with Crippen molar-refractivity contribution in [1.82, 2.24) is 5.32 Å². The summed E-state index contributed by atoms with van der Waals surface area (Å²) in [7, 11) is 0. The molecule has 0 unspecified atom stereocenters. The molecule has 0 aliphatic carbocycles. The first-order valence-corrected chi connectivity index (χ1v) is 5.95. The van der Waals surface area contributed by atoms with Gasteiger partial charge in [0, 0.05) is 23.1 Å². The molecule has 1 amide bonds. The zero-order valence-electron chi connectivity index (χ0n) is 9.39. The molecular weight excluding hydrogens is 304 g/mol. The normalized spacial score (nSPS) is 11.9. The Morgan fingerprint density at radius 1 is 1.44 bits per heavy atom. The number of nitrogens with two attached hydrogens (primary N) is 1. The van der Waals surface area contributed by atoms with Gasteiger partial charge in [0.2, 0.25) is 0 Å². The average molecular weight is 317 g/mol. The van der Waals surface area contributed by atoms with Gasteiger partial charge >= 0.3 is 5.97 Å². The third kappa shape index (κ3) is 4.01. The van der Waals surface area contributed by atoms with Crippen LogP contribution in [0.1, 0.15) is 16.8 Å². The quantitative estimate of drug-likeness (QED) is 0.594. The van der Waals surface area contributed by atoms with Crippen molar-refractivity contribution in [2.24, 2.45) is 0 Å². The maximum Gasteiger partial charge on any atom is 0.332 e. The van der Waals surface area contributed by atoms with Crippen molar-refractivity contribution in [1.29, 1.82) is 0 Å². The second kappa shape index (κ2) is 6.36. The number of carboxylic acids is 1. The molecule has 18 heavy (non-hydrogen) atoms. The number of carboxylic acid groups (broad SMARTS) is 1. The van der Waals surface area contributed by atoms with Crippen molar-refractivity contribution in [2.45, 2.75) is 12.5 Å². The first-order valence-electron chi connectivity index (χ1n) is 5.16. The van der Waals surface area contributed by atoms with E-state index in [2.05, 4.69) is 21.2 Å². The number of halogens is 1. The van der Waals surface area contributed by atoms with Gasteiger partial charge in [-0.15, -0.1) is 0 Å². The summed E-state index contributed by atoms with van der Waals surface area (Å²) in [5, 5.41) is 20.0. The smallest absolute Gasteiger partial charge is 0.332 e. The topological polar surface area (TPSA) is 113 Å². The number of nitrogen functional groups attached to an aromatic ring is 1. The minimum Gasteiger partial charge on any atom is -0.479 e. The Morgan fingerprint density at radius 2 is 2.11 bits per heavy atom. The number of nitrogens with one attached hydrogen (secondary N) is 1. The summed E-state index contributed by atoms with van der Waals surface area (Å²) >= 11 is 3.22. The fourth-order valence-electron chi connectivity index (χ4n) is 1.28. The number of aliphatic hydroxyl groups excluding tert-OH is 1. The molecule has 0 saturated carbocycles. The lowest BCUT2D eigenvalue weighted by atomic mass is 10.1. The van der Waals surface area contributed by atoms with E-state index >= 15 is 0 Å². The van der Waals surface area contributed by atoms with E-state index in [1.807, 2.05) is 0 Å². The first kappa shape index (κ1) is 14.5. The number of amides is 1. The number of hydrogen-bond donors (Lipinski definition) is 4. The molecule has 0 fully saturated rings. The Morgan fingerprint density at radius 3 is 2.67 bits per heavy atom. The fraction of sp³-hybridized carbons (Fsp3) is 0.273. The molecule has 0 aliphatic rings. The van der Waals surface area contributed by atoms with Crippen molar-refractivity contribution in [2.75, 3.05) is 12.3 Å². The Balaban J connectivity index is 2.53.